The number of hydrogen-bond acceptors (Lipinski definition) is 7. The quantitative estimate of drug-likeness (QED) is 0.147. The van der Waals surface area contributed by atoms with Crippen molar-refractivity contribution in [2.45, 2.75) is 78.3 Å². The van der Waals surface area contributed by atoms with Gasteiger partial charge in [-0.15, -0.1) is 0 Å². The maximum atomic E-state index is 14.3. The number of carbonyl (C=O) groups excluding carboxylic acids is 2. The fourth-order valence-electron chi connectivity index (χ4n) is 4.56. The average Bonchev–Trinajstić information content (AvgIpc) is 3.02. The van der Waals surface area contributed by atoms with E-state index in [0.717, 1.165) is 16.7 Å². The summed E-state index contributed by atoms with van der Waals surface area (Å²) in [6, 6.07) is 26.3. The molecule has 3 aromatic rings. The highest BCUT2D eigenvalue weighted by atomic mass is 31.2. The second kappa shape index (κ2) is 17.1. The molecule has 9 nitrogen and oxygen atoms in total. The summed E-state index contributed by atoms with van der Waals surface area (Å²) in [5, 5.41) is 17.1. The molecule has 0 aliphatic rings. The lowest BCUT2D eigenvalue weighted by Crippen LogP contribution is -2.51. The molecule has 4 atom stereocenters. The van der Waals surface area contributed by atoms with Crippen LogP contribution in [0.2, 0.25) is 0 Å². The lowest BCUT2D eigenvalue weighted by atomic mass is 10.0. The second-order valence-corrected chi connectivity index (χ2v) is 13.7. The van der Waals surface area contributed by atoms with Crippen molar-refractivity contribution in [1.29, 1.82) is 0 Å². The Hall–Kier alpha value is -3.49. The van der Waals surface area contributed by atoms with Crippen molar-refractivity contribution in [3.63, 3.8) is 0 Å². The van der Waals surface area contributed by atoms with E-state index in [1.807, 2.05) is 112 Å². The molecular formula is C34H45N2O7P. The zero-order valence-corrected chi connectivity index (χ0v) is 27.0. The summed E-state index contributed by atoms with van der Waals surface area (Å²) in [5.74, 6) is -2.70. The van der Waals surface area contributed by atoms with E-state index in [4.69, 9.17) is 13.8 Å². The summed E-state index contributed by atoms with van der Waals surface area (Å²) in [4.78, 5) is 26.4. The van der Waals surface area contributed by atoms with Crippen LogP contribution in [0.3, 0.4) is 0 Å². The van der Waals surface area contributed by atoms with Crippen LogP contribution < -0.4 is 10.6 Å². The summed E-state index contributed by atoms with van der Waals surface area (Å²) >= 11 is 0. The zero-order valence-electron chi connectivity index (χ0n) is 26.1. The number of hydrogen-bond donors (Lipinski definition) is 3. The Morgan fingerprint density at radius 2 is 1.23 bits per heavy atom. The molecular weight excluding hydrogens is 579 g/mol. The van der Waals surface area contributed by atoms with Crippen molar-refractivity contribution in [1.82, 2.24) is 10.6 Å². The standard InChI is InChI=1S/C34H45N2O7P/c1-24(2)21-30(36-32(37)31(25(3)4)43-34(39)35-26(5)29-19-13-8-14-20-29)33(38)44(40,41-22-27-15-9-6-10-16-27)42-23-28-17-11-7-12-18-28/h6-20,24-26,30-31,33,38H,21-23H2,1-5H3,(H,35,39)(H,36,37)/t26?,30-,31-,33?/m0/s1. The lowest BCUT2D eigenvalue weighted by molar-refractivity contribution is -0.133. The first kappa shape index (κ1) is 35.0. The molecule has 44 heavy (non-hydrogen) atoms. The molecule has 2 amide bonds. The highest BCUT2D eigenvalue weighted by Crippen LogP contribution is 2.55. The van der Waals surface area contributed by atoms with Gasteiger partial charge < -0.3 is 29.5 Å². The van der Waals surface area contributed by atoms with Gasteiger partial charge in [-0.1, -0.05) is 119 Å². The highest BCUT2D eigenvalue weighted by Gasteiger charge is 2.42. The van der Waals surface area contributed by atoms with E-state index in [9.17, 15) is 19.3 Å². The molecule has 0 saturated carbocycles. The first-order valence-corrected chi connectivity index (χ1v) is 16.6. The Bertz CT molecular complexity index is 1290. The number of carbonyl (C=O) groups is 2. The molecule has 10 heteroatoms. The topological polar surface area (TPSA) is 123 Å². The minimum Gasteiger partial charge on any atom is -0.436 e. The molecule has 3 N–H and O–H groups in total. The fraction of sp³-hybridized carbons (Fsp3) is 0.412. The van der Waals surface area contributed by atoms with Gasteiger partial charge in [0.1, 0.15) is 0 Å². The van der Waals surface area contributed by atoms with Crippen LogP contribution in [0.5, 0.6) is 0 Å². The van der Waals surface area contributed by atoms with E-state index < -0.39 is 37.6 Å². The third-order valence-corrected chi connectivity index (χ3v) is 8.96. The van der Waals surface area contributed by atoms with Crippen molar-refractivity contribution in [3.05, 3.63) is 108 Å². The third kappa shape index (κ3) is 10.9. The van der Waals surface area contributed by atoms with Crippen LogP contribution >= 0.6 is 7.60 Å². The zero-order chi connectivity index (χ0) is 32.1. The molecule has 0 saturated heterocycles. The van der Waals surface area contributed by atoms with Gasteiger partial charge in [-0.3, -0.25) is 9.36 Å². The van der Waals surface area contributed by atoms with E-state index in [1.54, 1.807) is 13.8 Å². The molecule has 238 valence electrons. The molecule has 0 spiro atoms. The number of aliphatic hydroxyl groups excluding tert-OH is 1. The number of amides is 2. The maximum absolute atomic E-state index is 14.3. The average molecular weight is 625 g/mol. The smallest absolute Gasteiger partial charge is 0.408 e. The largest absolute Gasteiger partial charge is 0.436 e. The number of nitrogens with one attached hydrogen (secondary N) is 2. The van der Waals surface area contributed by atoms with Crippen molar-refractivity contribution < 1.29 is 33.0 Å². The maximum Gasteiger partial charge on any atom is 0.408 e. The minimum absolute atomic E-state index is 0.0000793. The van der Waals surface area contributed by atoms with E-state index in [0.29, 0.717) is 0 Å². The predicted octanol–water partition coefficient (Wildman–Crippen LogP) is 6.97. The van der Waals surface area contributed by atoms with Gasteiger partial charge >= 0.3 is 13.7 Å². The summed E-state index contributed by atoms with van der Waals surface area (Å²) in [6.45, 7) is 9.03. The Labute approximate surface area is 260 Å². The van der Waals surface area contributed by atoms with Crippen LogP contribution in [-0.2, 0) is 36.4 Å². The molecule has 0 aliphatic carbocycles. The van der Waals surface area contributed by atoms with Crippen LogP contribution in [0.1, 0.15) is 63.8 Å². The number of ether oxygens (including phenoxy) is 1. The second-order valence-electron chi connectivity index (χ2n) is 11.6. The van der Waals surface area contributed by atoms with E-state index in [1.165, 1.54) is 0 Å². The van der Waals surface area contributed by atoms with Gasteiger partial charge in [0, 0.05) is 0 Å². The normalized spacial score (nSPS) is 14.5. The van der Waals surface area contributed by atoms with Crippen LogP contribution in [-0.4, -0.2) is 35.1 Å². The third-order valence-electron chi connectivity index (χ3n) is 6.98. The van der Waals surface area contributed by atoms with E-state index >= 15 is 0 Å². The predicted molar refractivity (Wildman–Crippen MR) is 171 cm³/mol. The van der Waals surface area contributed by atoms with Gasteiger partial charge in [0.2, 0.25) is 0 Å². The number of benzene rings is 3. The van der Waals surface area contributed by atoms with Crippen molar-refractivity contribution in [2.75, 3.05) is 0 Å². The van der Waals surface area contributed by atoms with E-state index in [2.05, 4.69) is 10.6 Å². The Balaban J connectivity index is 1.78. The summed E-state index contributed by atoms with van der Waals surface area (Å²) in [6.07, 6.45) is -1.66. The Kier molecular flexibility index (Phi) is 13.6. The van der Waals surface area contributed by atoms with Crippen molar-refractivity contribution in [2.24, 2.45) is 11.8 Å². The molecule has 0 radical (unpaired) electrons. The van der Waals surface area contributed by atoms with Gasteiger partial charge in [0.25, 0.3) is 5.91 Å². The van der Waals surface area contributed by atoms with Crippen LogP contribution in [0.25, 0.3) is 0 Å². The number of rotatable bonds is 16. The molecule has 0 aromatic heterocycles. The summed E-state index contributed by atoms with van der Waals surface area (Å²) < 4.78 is 31.5. The van der Waals surface area contributed by atoms with Crippen LogP contribution in [0, 0.1) is 11.8 Å². The molecule has 3 rings (SSSR count). The Morgan fingerprint density at radius 3 is 1.68 bits per heavy atom. The molecule has 3 aromatic carbocycles. The lowest BCUT2D eigenvalue weighted by Gasteiger charge is -2.32. The van der Waals surface area contributed by atoms with Crippen molar-refractivity contribution in [3.8, 4) is 0 Å². The monoisotopic (exact) mass is 624 g/mol. The molecule has 0 aliphatic heterocycles. The van der Waals surface area contributed by atoms with Crippen LogP contribution in [0.4, 0.5) is 4.79 Å². The first-order valence-electron chi connectivity index (χ1n) is 15.0. The number of alkyl carbamates (subject to hydrolysis) is 1. The fourth-order valence-corrected chi connectivity index (χ4v) is 6.23. The van der Waals surface area contributed by atoms with Gasteiger partial charge in [-0.2, -0.15) is 0 Å². The first-order chi connectivity index (χ1) is 21.0. The Morgan fingerprint density at radius 1 is 0.750 bits per heavy atom. The van der Waals surface area contributed by atoms with Gasteiger partial charge in [-0.05, 0) is 41.9 Å². The minimum atomic E-state index is -4.22. The molecule has 0 fully saturated rings. The van der Waals surface area contributed by atoms with Gasteiger partial charge in [-0.25, -0.2) is 4.79 Å². The van der Waals surface area contributed by atoms with Crippen molar-refractivity contribution >= 4 is 19.6 Å². The molecule has 2 unspecified atom stereocenters. The molecule has 0 heterocycles. The summed E-state index contributed by atoms with van der Waals surface area (Å²) in [5.41, 5.74) is 2.38. The van der Waals surface area contributed by atoms with E-state index in [-0.39, 0.29) is 37.5 Å². The summed E-state index contributed by atoms with van der Waals surface area (Å²) in [7, 11) is -4.22. The SMILES string of the molecule is CC(C)C[C@H](NC(=O)[C@@H](OC(=O)NC(C)c1ccccc1)C(C)C)C(O)P(=O)(OCc1ccccc1)OCc1ccccc1. The number of aliphatic hydroxyl groups is 1. The van der Waals surface area contributed by atoms with Crippen LogP contribution in [0.15, 0.2) is 91.0 Å². The van der Waals surface area contributed by atoms with Gasteiger partial charge in [0.05, 0.1) is 25.3 Å². The molecule has 0 bridgehead atoms. The highest BCUT2D eigenvalue weighted by molar-refractivity contribution is 7.54. The van der Waals surface area contributed by atoms with Gasteiger partial charge in [0.15, 0.2) is 11.9 Å².